The molecule has 0 saturated carbocycles. The first kappa shape index (κ1) is 14.5. The van der Waals surface area contributed by atoms with Crippen molar-refractivity contribution in [2.24, 2.45) is 5.92 Å². The summed E-state index contributed by atoms with van der Waals surface area (Å²) in [6.45, 7) is 4.47. The lowest BCUT2D eigenvalue weighted by Crippen LogP contribution is -2.37. The van der Waals surface area contributed by atoms with E-state index in [-0.39, 0.29) is 0 Å². The van der Waals surface area contributed by atoms with Crippen LogP contribution in [0.2, 0.25) is 0 Å². The van der Waals surface area contributed by atoms with Crippen molar-refractivity contribution in [2.45, 2.75) is 24.7 Å². The average Bonchev–Trinajstić information content (AvgIpc) is 2.38. The number of hydrogen-bond donors (Lipinski definition) is 1. The van der Waals surface area contributed by atoms with Crippen LogP contribution in [0.5, 0.6) is 0 Å². The minimum Gasteiger partial charge on any atom is -0.306 e. The number of benzene rings is 1. The smallest absolute Gasteiger partial charge is 0.240 e. The molecular formula is C14H22N2O2S. The number of piperidine rings is 1. The minimum atomic E-state index is -3.37. The fourth-order valence-corrected chi connectivity index (χ4v) is 3.79. The molecule has 106 valence electrons. The summed E-state index contributed by atoms with van der Waals surface area (Å²) in [6, 6.07) is 7.10. The molecule has 0 aliphatic carbocycles. The monoisotopic (exact) mass is 282 g/mol. The maximum absolute atomic E-state index is 12.2. The predicted octanol–water partition coefficient (Wildman–Crippen LogP) is 1.62. The van der Waals surface area contributed by atoms with Crippen molar-refractivity contribution in [3.05, 3.63) is 29.8 Å². The van der Waals surface area contributed by atoms with Gasteiger partial charge in [0.25, 0.3) is 0 Å². The van der Waals surface area contributed by atoms with E-state index in [1.807, 2.05) is 19.1 Å². The standard InChI is InChI=1S/C14H22N2O2S/c1-12-5-3-4-6-14(12)19(17,18)15-11-13-7-9-16(2)10-8-13/h3-6,13,15H,7-11H2,1-2H3. The van der Waals surface area contributed by atoms with Crippen molar-refractivity contribution in [2.75, 3.05) is 26.7 Å². The molecule has 0 bridgehead atoms. The van der Waals surface area contributed by atoms with Gasteiger partial charge in [-0.05, 0) is 57.5 Å². The predicted molar refractivity (Wildman–Crippen MR) is 76.6 cm³/mol. The van der Waals surface area contributed by atoms with Crippen LogP contribution in [0.1, 0.15) is 18.4 Å². The fraction of sp³-hybridized carbons (Fsp3) is 0.571. The van der Waals surface area contributed by atoms with Gasteiger partial charge < -0.3 is 4.90 Å². The molecule has 1 N–H and O–H groups in total. The van der Waals surface area contributed by atoms with Crippen LogP contribution in [-0.2, 0) is 10.0 Å². The molecule has 1 aliphatic rings. The number of rotatable bonds is 4. The third-order valence-corrected chi connectivity index (χ3v) is 5.37. The zero-order chi connectivity index (χ0) is 13.9. The van der Waals surface area contributed by atoms with Crippen molar-refractivity contribution in [3.8, 4) is 0 Å². The van der Waals surface area contributed by atoms with Crippen LogP contribution in [0.3, 0.4) is 0 Å². The van der Waals surface area contributed by atoms with Gasteiger partial charge in [-0.1, -0.05) is 18.2 Å². The van der Waals surface area contributed by atoms with E-state index in [1.54, 1.807) is 12.1 Å². The third-order valence-electron chi connectivity index (χ3n) is 3.78. The highest BCUT2D eigenvalue weighted by Gasteiger charge is 2.21. The maximum atomic E-state index is 12.2. The minimum absolute atomic E-state index is 0.392. The molecule has 1 aromatic rings. The molecule has 1 aromatic carbocycles. The van der Waals surface area contributed by atoms with Crippen LogP contribution >= 0.6 is 0 Å². The van der Waals surface area contributed by atoms with Gasteiger partial charge in [0, 0.05) is 6.54 Å². The molecule has 5 heteroatoms. The average molecular weight is 282 g/mol. The molecule has 1 fully saturated rings. The van der Waals surface area contributed by atoms with Crippen LogP contribution in [0.25, 0.3) is 0 Å². The zero-order valence-corrected chi connectivity index (χ0v) is 12.4. The largest absolute Gasteiger partial charge is 0.306 e. The van der Waals surface area contributed by atoms with Crippen LogP contribution in [-0.4, -0.2) is 40.0 Å². The molecule has 4 nitrogen and oxygen atoms in total. The lowest BCUT2D eigenvalue weighted by atomic mass is 9.98. The number of aryl methyl sites for hydroxylation is 1. The summed E-state index contributed by atoms with van der Waals surface area (Å²) in [5.41, 5.74) is 0.790. The Morgan fingerprint density at radius 1 is 1.26 bits per heavy atom. The summed E-state index contributed by atoms with van der Waals surface area (Å²) in [6.07, 6.45) is 2.12. The van der Waals surface area contributed by atoms with E-state index in [9.17, 15) is 8.42 Å². The van der Waals surface area contributed by atoms with Crippen LogP contribution in [0.15, 0.2) is 29.2 Å². The SMILES string of the molecule is Cc1ccccc1S(=O)(=O)NCC1CCN(C)CC1. The molecule has 0 atom stereocenters. The molecule has 0 unspecified atom stereocenters. The normalized spacial score (nSPS) is 18.6. The highest BCUT2D eigenvalue weighted by molar-refractivity contribution is 7.89. The second kappa shape index (κ2) is 6.03. The van der Waals surface area contributed by atoms with Gasteiger partial charge in [-0.2, -0.15) is 0 Å². The van der Waals surface area contributed by atoms with Crippen LogP contribution < -0.4 is 4.72 Å². The topological polar surface area (TPSA) is 49.4 Å². The number of nitrogens with zero attached hydrogens (tertiary/aromatic N) is 1. The summed E-state index contributed by atoms with van der Waals surface area (Å²) in [4.78, 5) is 2.68. The van der Waals surface area contributed by atoms with Gasteiger partial charge in [-0.3, -0.25) is 0 Å². The summed E-state index contributed by atoms with van der Waals surface area (Å²) in [5, 5.41) is 0. The Balaban J connectivity index is 1.97. The van der Waals surface area contributed by atoms with Crippen LogP contribution in [0.4, 0.5) is 0 Å². The number of sulfonamides is 1. The number of hydrogen-bond acceptors (Lipinski definition) is 3. The van der Waals surface area contributed by atoms with Gasteiger partial charge in [0.15, 0.2) is 0 Å². The Kier molecular flexibility index (Phi) is 4.60. The molecule has 1 saturated heterocycles. The lowest BCUT2D eigenvalue weighted by molar-refractivity contribution is 0.220. The molecule has 0 radical (unpaired) electrons. The van der Waals surface area contributed by atoms with Crippen LogP contribution in [0, 0.1) is 12.8 Å². The van der Waals surface area contributed by atoms with Gasteiger partial charge in [0.2, 0.25) is 10.0 Å². The first-order valence-electron chi connectivity index (χ1n) is 6.73. The van der Waals surface area contributed by atoms with E-state index >= 15 is 0 Å². The quantitative estimate of drug-likeness (QED) is 0.913. The van der Waals surface area contributed by atoms with Gasteiger partial charge in [-0.25, -0.2) is 13.1 Å². The lowest BCUT2D eigenvalue weighted by Gasteiger charge is -2.28. The highest BCUT2D eigenvalue weighted by atomic mass is 32.2. The molecule has 19 heavy (non-hydrogen) atoms. The van der Waals surface area contributed by atoms with Crippen molar-refractivity contribution >= 4 is 10.0 Å². The van der Waals surface area contributed by atoms with E-state index in [2.05, 4.69) is 16.7 Å². The fourth-order valence-electron chi connectivity index (χ4n) is 2.43. The molecule has 1 aliphatic heterocycles. The Morgan fingerprint density at radius 3 is 2.53 bits per heavy atom. The summed E-state index contributed by atoms with van der Waals surface area (Å²) in [7, 11) is -1.26. The highest BCUT2D eigenvalue weighted by Crippen LogP contribution is 2.17. The molecule has 2 rings (SSSR count). The maximum Gasteiger partial charge on any atom is 0.240 e. The molecule has 0 aromatic heterocycles. The second-order valence-corrected chi connectivity index (χ2v) is 7.10. The van der Waals surface area contributed by atoms with Gasteiger partial charge in [-0.15, -0.1) is 0 Å². The molecule has 0 spiro atoms. The molecule has 0 amide bonds. The van der Waals surface area contributed by atoms with E-state index in [0.29, 0.717) is 17.4 Å². The van der Waals surface area contributed by atoms with Gasteiger partial charge in [0.05, 0.1) is 4.90 Å². The van der Waals surface area contributed by atoms with Crippen molar-refractivity contribution in [3.63, 3.8) is 0 Å². The van der Waals surface area contributed by atoms with Crippen molar-refractivity contribution in [1.29, 1.82) is 0 Å². The van der Waals surface area contributed by atoms with E-state index in [4.69, 9.17) is 0 Å². The Morgan fingerprint density at radius 2 is 1.89 bits per heavy atom. The van der Waals surface area contributed by atoms with Crippen molar-refractivity contribution in [1.82, 2.24) is 9.62 Å². The van der Waals surface area contributed by atoms with Crippen molar-refractivity contribution < 1.29 is 8.42 Å². The van der Waals surface area contributed by atoms with Gasteiger partial charge in [0.1, 0.15) is 0 Å². The summed E-state index contributed by atoms with van der Waals surface area (Å²) >= 11 is 0. The Labute approximate surface area is 115 Å². The summed E-state index contributed by atoms with van der Waals surface area (Å²) in [5.74, 6) is 0.454. The second-order valence-electron chi connectivity index (χ2n) is 5.36. The zero-order valence-electron chi connectivity index (χ0n) is 11.6. The van der Waals surface area contributed by atoms with E-state index < -0.39 is 10.0 Å². The van der Waals surface area contributed by atoms with E-state index in [1.165, 1.54) is 0 Å². The van der Waals surface area contributed by atoms with E-state index in [0.717, 1.165) is 31.5 Å². The number of likely N-dealkylation sites (tertiary alicyclic amines) is 1. The number of nitrogens with one attached hydrogen (secondary N) is 1. The molecule has 1 heterocycles. The van der Waals surface area contributed by atoms with Gasteiger partial charge >= 0.3 is 0 Å². The first-order chi connectivity index (χ1) is 8.99. The summed E-state index contributed by atoms with van der Waals surface area (Å²) < 4.78 is 27.2. The first-order valence-corrected chi connectivity index (χ1v) is 8.21. The third kappa shape index (κ3) is 3.78. The Hall–Kier alpha value is -0.910. The molecular weight excluding hydrogens is 260 g/mol. The Bertz CT molecular complexity index is 520.